The molecule has 1 aromatic rings. The second kappa shape index (κ2) is 8.79. The van der Waals surface area contributed by atoms with E-state index in [-0.39, 0.29) is 0 Å². The van der Waals surface area contributed by atoms with Crippen LogP contribution in [0.4, 0.5) is 0 Å². The number of rotatable bonds is 8. The third kappa shape index (κ3) is 5.99. The number of ether oxygens (including phenoxy) is 1. The highest BCUT2D eigenvalue weighted by Gasteiger charge is 2.28. The summed E-state index contributed by atoms with van der Waals surface area (Å²) in [6.07, 6.45) is 5.52. The smallest absolute Gasteiger partial charge is 0.0741 e. The highest BCUT2D eigenvalue weighted by Crippen LogP contribution is 2.33. The molecule has 0 unspecified atom stereocenters. The van der Waals surface area contributed by atoms with Crippen molar-refractivity contribution in [1.82, 2.24) is 5.32 Å². The molecule has 2 rings (SSSR count). The maximum atomic E-state index is 10.6. The van der Waals surface area contributed by atoms with Crippen LogP contribution in [0.1, 0.15) is 37.7 Å². The predicted octanol–water partition coefficient (Wildman–Crippen LogP) is 3.21. The Morgan fingerprint density at radius 1 is 1.29 bits per heavy atom. The molecule has 3 nitrogen and oxygen atoms in total. The van der Waals surface area contributed by atoms with E-state index < -0.39 is 5.60 Å². The van der Waals surface area contributed by atoms with E-state index in [9.17, 15) is 5.11 Å². The molecule has 118 valence electrons. The highest BCUT2D eigenvalue weighted by atomic mass is 32.2. The van der Waals surface area contributed by atoms with Crippen molar-refractivity contribution in [2.45, 2.75) is 49.1 Å². The molecule has 0 atom stereocenters. The maximum absolute atomic E-state index is 10.6. The van der Waals surface area contributed by atoms with Crippen LogP contribution in [0.25, 0.3) is 0 Å². The van der Waals surface area contributed by atoms with Crippen molar-refractivity contribution < 1.29 is 9.84 Å². The van der Waals surface area contributed by atoms with E-state index in [1.165, 1.54) is 29.7 Å². The molecule has 1 saturated carbocycles. The third-order valence-corrected chi connectivity index (χ3v) is 5.27. The van der Waals surface area contributed by atoms with E-state index in [0.717, 1.165) is 38.3 Å². The van der Waals surface area contributed by atoms with E-state index in [2.05, 4.69) is 29.6 Å². The molecule has 0 aromatic heterocycles. The minimum Gasteiger partial charge on any atom is -0.389 e. The van der Waals surface area contributed by atoms with Gasteiger partial charge in [-0.15, -0.1) is 11.8 Å². The van der Waals surface area contributed by atoms with Crippen molar-refractivity contribution >= 4 is 11.8 Å². The summed E-state index contributed by atoms with van der Waals surface area (Å²) in [6, 6.07) is 8.59. The molecule has 0 radical (unpaired) electrons. The Hall–Kier alpha value is -0.550. The minimum absolute atomic E-state index is 0.449. The molecular weight excluding hydrogens is 282 g/mol. The monoisotopic (exact) mass is 309 g/mol. The second-order valence-corrected chi connectivity index (χ2v) is 6.94. The molecule has 1 fully saturated rings. The van der Waals surface area contributed by atoms with Gasteiger partial charge in [-0.05, 0) is 30.5 Å². The molecule has 0 spiro atoms. The van der Waals surface area contributed by atoms with Crippen LogP contribution >= 0.6 is 11.8 Å². The fraction of sp³-hybridized carbons (Fsp3) is 0.647. The van der Waals surface area contributed by atoms with Crippen molar-refractivity contribution in [2.24, 2.45) is 0 Å². The van der Waals surface area contributed by atoms with Gasteiger partial charge in [-0.25, -0.2) is 0 Å². The van der Waals surface area contributed by atoms with Crippen molar-refractivity contribution in [2.75, 3.05) is 26.0 Å². The maximum Gasteiger partial charge on any atom is 0.0741 e. The summed E-state index contributed by atoms with van der Waals surface area (Å²) in [6.45, 7) is 2.47. The lowest BCUT2D eigenvalue weighted by Gasteiger charge is -2.31. The molecule has 1 aliphatic carbocycles. The van der Waals surface area contributed by atoms with Gasteiger partial charge in [0.15, 0.2) is 0 Å². The summed E-state index contributed by atoms with van der Waals surface area (Å²) in [5.74, 6) is 0.813. The van der Waals surface area contributed by atoms with Gasteiger partial charge < -0.3 is 15.2 Å². The van der Waals surface area contributed by atoms with Crippen LogP contribution in [0.5, 0.6) is 0 Å². The summed E-state index contributed by atoms with van der Waals surface area (Å²) in [5.41, 5.74) is 0.835. The van der Waals surface area contributed by atoms with Gasteiger partial charge in [-0.3, -0.25) is 0 Å². The third-order valence-electron chi connectivity index (χ3n) is 4.00. The van der Waals surface area contributed by atoms with Gasteiger partial charge in [0.2, 0.25) is 0 Å². The first-order valence-electron chi connectivity index (χ1n) is 7.86. The van der Waals surface area contributed by atoms with Gasteiger partial charge in [0.05, 0.1) is 12.2 Å². The minimum atomic E-state index is -0.449. The number of benzene rings is 1. The number of methoxy groups -OCH3 is 1. The van der Waals surface area contributed by atoms with E-state index >= 15 is 0 Å². The van der Waals surface area contributed by atoms with Gasteiger partial charge in [-0.2, -0.15) is 0 Å². The van der Waals surface area contributed by atoms with Gasteiger partial charge in [0, 0.05) is 30.8 Å². The Balaban J connectivity index is 1.80. The van der Waals surface area contributed by atoms with Crippen LogP contribution in [-0.4, -0.2) is 36.7 Å². The molecule has 0 aliphatic heterocycles. The number of nitrogens with one attached hydrogen (secondary N) is 1. The molecule has 0 heterocycles. The second-order valence-electron chi connectivity index (χ2n) is 5.89. The molecule has 1 aromatic carbocycles. The Labute approximate surface area is 132 Å². The first-order valence-corrected chi connectivity index (χ1v) is 8.84. The molecule has 0 amide bonds. The first kappa shape index (κ1) is 16.8. The summed E-state index contributed by atoms with van der Waals surface area (Å²) in [7, 11) is 1.72. The molecule has 4 heteroatoms. The quantitative estimate of drug-likeness (QED) is 0.571. The van der Waals surface area contributed by atoms with E-state index in [1.807, 2.05) is 0 Å². The normalized spacial score (nSPS) is 17.8. The topological polar surface area (TPSA) is 41.5 Å². The van der Waals surface area contributed by atoms with Crippen molar-refractivity contribution in [1.29, 1.82) is 0 Å². The van der Waals surface area contributed by atoms with E-state index in [4.69, 9.17) is 4.74 Å². The lowest BCUT2D eigenvalue weighted by atomic mass is 9.86. The average Bonchev–Trinajstić information content (AvgIpc) is 2.51. The van der Waals surface area contributed by atoms with Gasteiger partial charge in [0.25, 0.3) is 0 Å². The van der Waals surface area contributed by atoms with E-state index in [1.54, 1.807) is 18.9 Å². The SMILES string of the molecule is COCCNCc1cccc(SCC2(O)CCCCC2)c1. The lowest BCUT2D eigenvalue weighted by molar-refractivity contribution is 0.0273. The lowest BCUT2D eigenvalue weighted by Crippen LogP contribution is -2.33. The Morgan fingerprint density at radius 2 is 2.10 bits per heavy atom. The zero-order valence-corrected chi connectivity index (χ0v) is 13.8. The Kier molecular flexibility index (Phi) is 7.04. The van der Waals surface area contributed by atoms with Gasteiger partial charge >= 0.3 is 0 Å². The summed E-state index contributed by atoms with van der Waals surface area (Å²) >= 11 is 1.78. The highest BCUT2D eigenvalue weighted by molar-refractivity contribution is 7.99. The average molecular weight is 309 g/mol. The van der Waals surface area contributed by atoms with Crippen LogP contribution in [0.3, 0.4) is 0 Å². The summed E-state index contributed by atoms with van der Waals surface area (Å²) in [4.78, 5) is 1.25. The summed E-state index contributed by atoms with van der Waals surface area (Å²) < 4.78 is 5.03. The standard InChI is InChI=1S/C17H27NO2S/c1-20-11-10-18-13-15-6-5-7-16(12-15)21-14-17(19)8-3-2-4-9-17/h5-7,12,18-19H,2-4,8-11,13-14H2,1H3. The summed E-state index contributed by atoms with van der Waals surface area (Å²) in [5, 5.41) is 13.9. The van der Waals surface area contributed by atoms with E-state index in [0.29, 0.717) is 0 Å². The fourth-order valence-electron chi connectivity index (χ4n) is 2.72. The predicted molar refractivity (Wildman–Crippen MR) is 88.8 cm³/mol. The van der Waals surface area contributed by atoms with Gasteiger partial charge in [0.1, 0.15) is 0 Å². The molecule has 21 heavy (non-hydrogen) atoms. The largest absolute Gasteiger partial charge is 0.389 e. The van der Waals surface area contributed by atoms with Crippen LogP contribution in [0.2, 0.25) is 0 Å². The zero-order valence-electron chi connectivity index (χ0n) is 12.9. The van der Waals surface area contributed by atoms with Crippen LogP contribution in [0.15, 0.2) is 29.2 Å². The van der Waals surface area contributed by atoms with Crippen molar-refractivity contribution in [3.8, 4) is 0 Å². The molecule has 0 saturated heterocycles. The number of hydrogen-bond donors (Lipinski definition) is 2. The fourth-order valence-corrected chi connectivity index (χ4v) is 3.86. The molecule has 2 N–H and O–H groups in total. The zero-order chi connectivity index (χ0) is 15.0. The Bertz CT molecular complexity index is 419. The van der Waals surface area contributed by atoms with Crippen LogP contribution < -0.4 is 5.32 Å². The van der Waals surface area contributed by atoms with Crippen molar-refractivity contribution in [3.63, 3.8) is 0 Å². The number of aliphatic hydroxyl groups is 1. The molecule has 1 aliphatic rings. The number of hydrogen-bond acceptors (Lipinski definition) is 4. The molecule has 0 bridgehead atoms. The van der Waals surface area contributed by atoms with Crippen molar-refractivity contribution in [3.05, 3.63) is 29.8 Å². The van der Waals surface area contributed by atoms with Crippen LogP contribution in [0, 0.1) is 0 Å². The first-order chi connectivity index (χ1) is 10.2. The van der Waals surface area contributed by atoms with Gasteiger partial charge in [-0.1, -0.05) is 31.4 Å². The number of thioether (sulfide) groups is 1. The van der Waals surface area contributed by atoms with Crippen LogP contribution in [-0.2, 0) is 11.3 Å². The Morgan fingerprint density at radius 3 is 2.86 bits per heavy atom. The molecular formula is C17H27NO2S.